The zero-order valence-electron chi connectivity index (χ0n) is 14.9. The molecule has 146 valence electrons. The van der Waals surface area contributed by atoms with E-state index in [1.165, 1.54) is 12.1 Å². The van der Waals surface area contributed by atoms with E-state index in [1.54, 1.807) is 19.1 Å². The average Bonchev–Trinajstić information content (AvgIpc) is 3.04. The van der Waals surface area contributed by atoms with Crippen LogP contribution in [0.5, 0.6) is 0 Å². The predicted molar refractivity (Wildman–Crippen MR) is 108 cm³/mol. The number of carbonyl (C=O) groups is 1. The zero-order chi connectivity index (χ0) is 20.5. The summed E-state index contributed by atoms with van der Waals surface area (Å²) in [6.07, 6.45) is 0.116. The van der Waals surface area contributed by atoms with Crippen molar-refractivity contribution in [2.75, 3.05) is 0 Å². The molecule has 3 rings (SSSR count). The van der Waals surface area contributed by atoms with Crippen LogP contribution in [-0.4, -0.2) is 29.7 Å². The molecule has 0 fully saturated rings. The molecule has 0 saturated carbocycles. The molecule has 1 aromatic heterocycles. The van der Waals surface area contributed by atoms with Gasteiger partial charge < -0.3 is 5.11 Å². The minimum Gasteiger partial charge on any atom is -0.481 e. The lowest BCUT2D eigenvalue weighted by molar-refractivity contribution is -0.143. The van der Waals surface area contributed by atoms with Crippen LogP contribution in [0.2, 0.25) is 0 Å². The van der Waals surface area contributed by atoms with Gasteiger partial charge in [-0.2, -0.15) is 5.10 Å². The van der Waals surface area contributed by atoms with Gasteiger partial charge in [-0.3, -0.25) is 9.89 Å². The third kappa shape index (κ3) is 3.87. The number of carboxylic acid groups (broad SMARTS) is 1. The third-order valence-electron chi connectivity index (χ3n) is 4.57. The number of nitrogens with two attached hydrogens (primary N) is 1. The van der Waals surface area contributed by atoms with Crippen LogP contribution in [0.4, 0.5) is 0 Å². The molecule has 0 saturated heterocycles. The molecule has 28 heavy (non-hydrogen) atoms. The van der Waals surface area contributed by atoms with Crippen LogP contribution >= 0.6 is 15.9 Å². The number of hydrogen-bond acceptors (Lipinski definition) is 4. The van der Waals surface area contributed by atoms with Gasteiger partial charge in [0.2, 0.25) is 10.0 Å². The molecule has 4 N–H and O–H groups in total. The quantitative estimate of drug-likeness (QED) is 0.517. The van der Waals surface area contributed by atoms with Gasteiger partial charge >= 0.3 is 5.97 Å². The summed E-state index contributed by atoms with van der Waals surface area (Å²) in [5.41, 5.74) is 1.22. The summed E-state index contributed by atoms with van der Waals surface area (Å²) in [5.74, 6) is -1.05. The first-order valence-electron chi connectivity index (χ1n) is 8.28. The number of nitrogens with zero attached hydrogens (tertiary/aromatic N) is 1. The number of hydrogen-bond donors (Lipinski definition) is 3. The van der Waals surface area contributed by atoms with Crippen molar-refractivity contribution < 1.29 is 18.3 Å². The van der Waals surface area contributed by atoms with E-state index in [1.807, 2.05) is 30.3 Å². The van der Waals surface area contributed by atoms with Gasteiger partial charge in [0.1, 0.15) is 5.41 Å². The van der Waals surface area contributed by atoms with Crippen molar-refractivity contribution >= 4 is 31.9 Å². The molecule has 3 aromatic rings. The number of benzene rings is 2. The summed E-state index contributed by atoms with van der Waals surface area (Å²) in [5, 5.41) is 22.2. The number of nitrogens with one attached hydrogen (secondary N) is 1. The predicted octanol–water partition coefficient (Wildman–Crippen LogP) is 3.07. The number of sulfonamides is 1. The lowest BCUT2D eigenvalue weighted by atomic mass is 9.80. The minimum atomic E-state index is -3.81. The molecule has 0 aliphatic rings. The van der Waals surface area contributed by atoms with E-state index >= 15 is 0 Å². The summed E-state index contributed by atoms with van der Waals surface area (Å²) < 4.78 is 23.4. The number of H-pyrrole nitrogens is 1. The standard InChI is InChI=1S/C19H18BrN3O4S/c1-19(18(24)25,11-12-7-9-14(10-8-12)28(21,26)27)17-15(20)16(22-23-17)13-5-3-2-4-6-13/h2-10H,11H2,1H3,(H,22,23)(H,24,25)(H2,21,26,27). The van der Waals surface area contributed by atoms with Crippen molar-refractivity contribution in [1.29, 1.82) is 0 Å². The maximum absolute atomic E-state index is 12.2. The Morgan fingerprint density at radius 2 is 1.79 bits per heavy atom. The molecule has 9 heteroatoms. The summed E-state index contributed by atoms with van der Waals surface area (Å²) in [6.45, 7) is 1.58. The second-order valence-corrected chi connectivity index (χ2v) is 8.98. The van der Waals surface area contributed by atoms with Crippen molar-refractivity contribution in [3.63, 3.8) is 0 Å². The highest BCUT2D eigenvalue weighted by Crippen LogP contribution is 2.37. The van der Waals surface area contributed by atoms with E-state index in [-0.39, 0.29) is 11.3 Å². The molecule has 0 radical (unpaired) electrons. The zero-order valence-corrected chi connectivity index (χ0v) is 17.3. The molecular formula is C19H18BrN3O4S. The topological polar surface area (TPSA) is 126 Å². The fourth-order valence-electron chi connectivity index (χ4n) is 2.96. The van der Waals surface area contributed by atoms with Crippen molar-refractivity contribution in [2.45, 2.75) is 23.7 Å². The molecular weight excluding hydrogens is 446 g/mol. The van der Waals surface area contributed by atoms with Gasteiger partial charge in [0.15, 0.2) is 0 Å². The first kappa shape index (κ1) is 20.2. The summed E-state index contributed by atoms with van der Waals surface area (Å²) in [6, 6.07) is 15.3. The fraction of sp³-hybridized carbons (Fsp3) is 0.158. The highest BCUT2D eigenvalue weighted by Gasteiger charge is 2.40. The molecule has 0 spiro atoms. The molecule has 1 unspecified atom stereocenters. The fourth-order valence-corrected chi connectivity index (χ4v) is 4.32. The van der Waals surface area contributed by atoms with Gasteiger partial charge in [-0.15, -0.1) is 0 Å². The second kappa shape index (κ2) is 7.50. The largest absolute Gasteiger partial charge is 0.481 e. The maximum Gasteiger partial charge on any atom is 0.315 e. The molecule has 0 aliphatic heterocycles. The number of rotatable bonds is 6. The Labute approximate surface area is 170 Å². The number of aromatic amines is 1. The van der Waals surface area contributed by atoms with Crippen molar-refractivity contribution in [3.8, 4) is 11.3 Å². The Kier molecular flexibility index (Phi) is 5.42. The Morgan fingerprint density at radius 3 is 2.32 bits per heavy atom. The Balaban J connectivity index is 1.99. The van der Waals surface area contributed by atoms with Crippen molar-refractivity contribution in [2.24, 2.45) is 5.14 Å². The Bertz CT molecular complexity index is 1110. The first-order valence-corrected chi connectivity index (χ1v) is 10.6. The van der Waals surface area contributed by atoms with Crippen LogP contribution in [0.15, 0.2) is 64.0 Å². The second-order valence-electron chi connectivity index (χ2n) is 6.63. The summed E-state index contributed by atoms with van der Waals surface area (Å²) >= 11 is 3.49. The molecule has 1 heterocycles. The SMILES string of the molecule is CC(Cc1ccc(S(N)(=O)=O)cc1)(C(=O)O)c1n[nH]c(-c2ccccc2)c1Br. The van der Waals surface area contributed by atoms with Gasteiger partial charge in [0, 0.05) is 5.56 Å². The van der Waals surface area contributed by atoms with Crippen molar-refractivity contribution in [1.82, 2.24) is 10.2 Å². The van der Waals surface area contributed by atoms with Gasteiger partial charge in [-0.25, -0.2) is 13.6 Å². The molecule has 7 nitrogen and oxygen atoms in total. The van der Waals surface area contributed by atoms with E-state index in [4.69, 9.17) is 5.14 Å². The average molecular weight is 464 g/mol. The van der Waals surface area contributed by atoms with E-state index < -0.39 is 21.4 Å². The van der Waals surface area contributed by atoms with Crippen LogP contribution in [0, 0.1) is 0 Å². The van der Waals surface area contributed by atoms with E-state index in [9.17, 15) is 18.3 Å². The minimum absolute atomic E-state index is 0.0272. The Morgan fingerprint density at radius 1 is 1.18 bits per heavy atom. The van der Waals surface area contributed by atoms with E-state index in [0.29, 0.717) is 21.4 Å². The first-order chi connectivity index (χ1) is 13.1. The van der Waals surface area contributed by atoms with Gasteiger partial charge in [0.05, 0.1) is 20.8 Å². The molecule has 0 bridgehead atoms. The van der Waals surface area contributed by atoms with E-state index in [0.717, 1.165) is 5.56 Å². The monoisotopic (exact) mass is 463 g/mol. The van der Waals surface area contributed by atoms with Gasteiger partial charge in [0.25, 0.3) is 0 Å². The maximum atomic E-state index is 12.2. The van der Waals surface area contributed by atoms with Crippen LogP contribution < -0.4 is 5.14 Å². The third-order valence-corrected chi connectivity index (χ3v) is 6.27. The van der Waals surface area contributed by atoms with E-state index in [2.05, 4.69) is 26.1 Å². The molecule has 2 aromatic carbocycles. The highest BCUT2D eigenvalue weighted by atomic mass is 79.9. The van der Waals surface area contributed by atoms with Crippen molar-refractivity contribution in [3.05, 3.63) is 70.3 Å². The van der Waals surface area contributed by atoms with Crippen LogP contribution in [-0.2, 0) is 26.7 Å². The normalized spacial score (nSPS) is 13.8. The number of aliphatic carboxylic acids is 1. The lowest BCUT2D eigenvalue weighted by Gasteiger charge is -2.23. The smallest absolute Gasteiger partial charge is 0.315 e. The lowest BCUT2D eigenvalue weighted by Crippen LogP contribution is -2.35. The molecule has 0 amide bonds. The summed E-state index contributed by atoms with van der Waals surface area (Å²) in [4.78, 5) is 12.1. The highest BCUT2D eigenvalue weighted by molar-refractivity contribution is 9.10. The summed E-state index contributed by atoms with van der Waals surface area (Å²) in [7, 11) is -3.81. The van der Waals surface area contributed by atoms with Gasteiger partial charge in [-0.1, -0.05) is 42.5 Å². The van der Waals surface area contributed by atoms with Gasteiger partial charge in [-0.05, 0) is 47.0 Å². The van der Waals surface area contributed by atoms with Crippen LogP contribution in [0.25, 0.3) is 11.3 Å². The molecule has 1 atom stereocenters. The van der Waals surface area contributed by atoms with Crippen LogP contribution in [0.1, 0.15) is 18.2 Å². The Hall–Kier alpha value is -2.49. The number of halogens is 1. The number of primary sulfonamides is 1. The molecule has 0 aliphatic carbocycles. The number of carboxylic acids is 1. The van der Waals surface area contributed by atoms with Crippen LogP contribution in [0.3, 0.4) is 0 Å². The number of aromatic nitrogens is 2.